The Hall–Kier alpha value is -1.58. The lowest BCUT2D eigenvalue weighted by molar-refractivity contribution is -0.126. The van der Waals surface area contributed by atoms with Gasteiger partial charge in [-0.25, -0.2) is 4.39 Å². The summed E-state index contributed by atoms with van der Waals surface area (Å²) in [5, 5.41) is 3.15. The Morgan fingerprint density at radius 2 is 1.86 bits per heavy atom. The van der Waals surface area contributed by atoms with Gasteiger partial charge in [-0.1, -0.05) is 19.3 Å². The van der Waals surface area contributed by atoms with Gasteiger partial charge in [-0.15, -0.1) is 0 Å². The minimum absolute atomic E-state index is 0.195. The van der Waals surface area contributed by atoms with Crippen LogP contribution in [0.3, 0.4) is 0 Å². The summed E-state index contributed by atoms with van der Waals surface area (Å²) in [5.41, 5.74) is 1.07. The highest BCUT2D eigenvalue weighted by atomic mass is 19.1. The molecule has 2 aliphatic rings. The van der Waals surface area contributed by atoms with Gasteiger partial charge in [0.2, 0.25) is 5.91 Å². The van der Waals surface area contributed by atoms with E-state index in [2.05, 4.69) is 10.2 Å². The number of halogens is 1. The third kappa shape index (κ3) is 3.79. The number of hydrogen-bond acceptors (Lipinski definition) is 2. The summed E-state index contributed by atoms with van der Waals surface area (Å²) in [4.78, 5) is 14.5. The lowest BCUT2D eigenvalue weighted by Gasteiger charge is -2.22. The maximum absolute atomic E-state index is 13.0. The van der Waals surface area contributed by atoms with E-state index in [1.54, 1.807) is 0 Å². The molecule has 120 valence electrons. The number of anilines is 1. The first kappa shape index (κ1) is 15.3. The van der Waals surface area contributed by atoms with Crippen LogP contribution in [0.15, 0.2) is 24.3 Å². The average molecular weight is 304 g/mol. The Balaban J connectivity index is 1.44. The normalized spacial score (nSPS) is 22.8. The van der Waals surface area contributed by atoms with Crippen LogP contribution in [0.25, 0.3) is 0 Å². The molecule has 1 unspecified atom stereocenters. The van der Waals surface area contributed by atoms with E-state index in [4.69, 9.17) is 0 Å². The van der Waals surface area contributed by atoms with Gasteiger partial charge in [-0.3, -0.25) is 4.79 Å². The zero-order chi connectivity index (χ0) is 15.4. The van der Waals surface area contributed by atoms with E-state index in [0.29, 0.717) is 5.92 Å². The maximum atomic E-state index is 13.0. The van der Waals surface area contributed by atoms with Crippen molar-refractivity contribution in [3.8, 4) is 0 Å². The predicted molar refractivity (Wildman–Crippen MR) is 86.3 cm³/mol. The van der Waals surface area contributed by atoms with Gasteiger partial charge in [0, 0.05) is 31.2 Å². The molecule has 1 aromatic carbocycles. The summed E-state index contributed by atoms with van der Waals surface area (Å²) < 4.78 is 13.0. The smallest absolute Gasteiger partial charge is 0.223 e. The van der Waals surface area contributed by atoms with Gasteiger partial charge >= 0.3 is 0 Å². The second-order valence-electron chi connectivity index (χ2n) is 6.66. The standard InChI is InChI=1S/C18H25FN2O/c19-16-6-8-17(9-7-16)21-11-10-14(13-21)12-20-18(22)15-4-2-1-3-5-15/h6-9,14-15H,1-5,10-13H2,(H,20,22). The van der Waals surface area contributed by atoms with Crippen molar-refractivity contribution in [3.63, 3.8) is 0 Å². The van der Waals surface area contributed by atoms with Gasteiger partial charge in [-0.2, -0.15) is 0 Å². The zero-order valence-corrected chi connectivity index (χ0v) is 13.1. The molecule has 0 radical (unpaired) electrons. The molecule has 1 amide bonds. The minimum Gasteiger partial charge on any atom is -0.371 e. The van der Waals surface area contributed by atoms with Crippen LogP contribution < -0.4 is 10.2 Å². The molecule has 1 aromatic rings. The number of benzene rings is 1. The van der Waals surface area contributed by atoms with Crippen molar-refractivity contribution in [3.05, 3.63) is 30.1 Å². The van der Waals surface area contributed by atoms with E-state index in [9.17, 15) is 9.18 Å². The number of carbonyl (C=O) groups is 1. The van der Waals surface area contributed by atoms with Crippen LogP contribution in [0.4, 0.5) is 10.1 Å². The zero-order valence-electron chi connectivity index (χ0n) is 13.1. The van der Waals surface area contributed by atoms with Gasteiger partial charge in [0.05, 0.1) is 0 Å². The van der Waals surface area contributed by atoms with Crippen LogP contribution in [-0.4, -0.2) is 25.5 Å². The Morgan fingerprint density at radius 3 is 2.59 bits per heavy atom. The molecule has 22 heavy (non-hydrogen) atoms. The third-order valence-corrected chi connectivity index (χ3v) is 5.02. The lowest BCUT2D eigenvalue weighted by Crippen LogP contribution is -2.36. The second-order valence-corrected chi connectivity index (χ2v) is 6.66. The predicted octanol–water partition coefficient (Wildman–Crippen LogP) is 3.35. The third-order valence-electron chi connectivity index (χ3n) is 5.02. The number of amides is 1. The van der Waals surface area contributed by atoms with E-state index in [1.807, 2.05) is 12.1 Å². The number of nitrogens with one attached hydrogen (secondary N) is 1. The summed E-state index contributed by atoms with van der Waals surface area (Å²) in [6.45, 7) is 2.69. The van der Waals surface area contributed by atoms with Crippen molar-refractivity contribution in [2.24, 2.45) is 11.8 Å². The Kier molecular flexibility index (Phi) is 4.96. The van der Waals surface area contributed by atoms with Gasteiger partial charge in [0.15, 0.2) is 0 Å². The quantitative estimate of drug-likeness (QED) is 0.925. The summed E-state index contributed by atoms with van der Waals surface area (Å²) in [6.07, 6.45) is 6.86. The molecular weight excluding hydrogens is 279 g/mol. The summed E-state index contributed by atoms with van der Waals surface area (Å²) in [6, 6.07) is 6.68. The molecule has 2 fully saturated rings. The summed E-state index contributed by atoms with van der Waals surface area (Å²) >= 11 is 0. The number of hydrogen-bond donors (Lipinski definition) is 1. The average Bonchev–Trinajstić information content (AvgIpc) is 3.03. The molecule has 3 rings (SSSR count). The van der Waals surface area contributed by atoms with Crippen LogP contribution in [0.5, 0.6) is 0 Å². The van der Waals surface area contributed by atoms with Crippen molar-refractivity contribution in [1.82, 2.24) is 5.32 Å². The highest BCUT2D eigenvalue weighted by Crippen LogP contribution is 2.25. The SMILES string of the molecule is O=C(NCC1CCN(c2ccc(F)cc2)C1)C1CCCCC1. The van der Waals surface area contributed by atoms with Crippen LogP contribution in [-0.2, 0) is 4.79 Å². The Morgan fingerprint density at radius 1 is 1.14 bits per heavy atom. The fourth-order valence-corrected chi connectivity index (χ4v) is 3.64. The maximum Gasteiger partial charge on any atom is 0.223 e. The molecule has 1 aliphatic carbocycles. The van der Waals surface area contributed by atoms with Crippen LogP contribution >= 0.6 is 0 Å². The van der Waals surface area contributed by atoms with E-state index < -0.39 is 0 Å². The molecule has 0 spiro atoms. The van der Waals surface area contributed by atoms with Crippen molar-refractivity contribution < 1.29 is 9.18 Å². The largest absolute Gasteiger partial charge is 0.371 e. The fraction of sp³-hybridized carbons (Fsp3) is 0.611. The molecule has 1 saturated carbocycles. The Bertz CT molecular complexity index is 496. The summed E-state index contributed by atoms with van der Waals surface area (Å²) in [5.74, 6) is 0.792. The second kappa shape index (κ2) is 7.12. The highest BCUT2D eigenvalue weighted by molar-refractivity contribution is 5.78. The van der Waals surface area contributed by atoms with E-state index >= 15 is 0 Å². The minimum atomic E-state index is -0.195. The van der Waals surface area contributed by atoms with E-state index in [1.165, 1.54) is 31.4 Å². The topological polar surface area (TPSA) is 32.3 Å². The number of rotatable bonds is 4. The van der Waals surface area contributed by atoms with Gasteiger partial charge in [0.1, 0.15) is 5.82 Å². The van der Waals surface area contributed by atoms with Crippen molar-refractivity contribution in [2.75, 3.05) is 24.5 Å². The van der Waals surface area contributed by atoms with Crippen LogP contribution in [0, 0.1) is 17.7 Å². The monoisotopic (exact) mass is 304 g/mol. The van der Waals surface area contributed by atoms with Crippen LogP contribution in [0.1, 0.15) is 38.5 Å². The molecule has 3 nitrogen and oxygen atoms in total. The first-order valence-electron chi connectivity index (χ1n) is 8.50. The van der Waals surface area contributed by atoms with Crippen molar-refractivity contribution >= 4 is 11.6 Å². The molecule has 1 atom stereocenters. The van der Waals surface area contributed by atoms with Crippen molar-refractivity contribution in [1.29, 1.82) is 0 Å². The molecular formula is C18H25FN2O. The molecule has 0 bridgehead atoms. The van der Waals surface area contributed by atoms with E-state index in [0.717, 1.165) is 44.6 Å². The van der Waals surface area contributed by atoms with Gasteiger partial charge in [0.25, 0.3) is 0 Å². The Labute approximate surface area is 131 Å². The summed E-state index contributed by atoms with van der Waals surface area (Å²) in [7, 11) is 0. The van der Waals surface area contributed by atoms with Gasteiger partial charge in [-0.05, 0) is 49.4 Å². The molecule has 1 N–H and O–H groups in total. The molecule has 4 heteroatoms. The molecule has 0 aromatic heterocycles. The highest BCUT2D eigenvalue weighted by Gasteiger charge is 2.25. The number of carbonyl (C=O) groups excluding carboxylic acids is 1. The van der Waals surface area contributed by atoms with Crippen molar-refractivity contribution in [2.45, 2.75) is 38.5 Å². The molecule has 1 saturated heterocycles. The lowest BCUT2D eigenvalue weighted by atomic mass is 9.88. The number of nitrogens with zero attached hydrogens (tertiary/aromatic N) is 1. The fourth-order valence-electron chi connectivity index (χ4n) is 3.64. The molecule has 1 aliphatic heterocycles. The van der Waals surface area contributed by atoms with Gasteiger partial charge < -0.3 is 10.2 Å². The van der Waals surface area contributed by atoms with E-state index in [-0.39, 0.29) is 17.6 Å². The first-order chi connectivity index (χ1) is 10.7. The molecule has 1 heterocycles. The first-order valence-corrected chi connectivity index (χ1v) is 8.50. The van der Waals surface area contributed by atoms with Crippen LogP contribution in [0.2, 0.25) is 0 Å².